The minimum Gasteiger partial charge on any atom is -0.506 e. The van der Waals surface area contributed by atoms with E-state index in [4.69, 9.17) is 4.42 Å². The molecule has 0 spiro atoms. The number of benzene rings is 1. The Morgan fingerprint density at radius 1 is 1.29 bits per heavy atom. The molecule has 110 valence electrons. The molecule has 2 rings (SSSR count). The molecule has 0 aliphatic carbocycles. The van der Waals surface area contributed by atoms with Crippen molar-refractivity contribution in [3.63, 3.8) is 0 Å². The number of rotatable bonds is 3. The van der Waals surface area contributed by atoms with Crippen LogP contribution in [0.2, 0.25) is 0 Å². The molecule has 0 aliphatic heterocycles. The Morgan fingerprint density at radius 2 is 1.95 bits per heavy atom. The second kappa shape index (κ2) is 5.28. The summed E-state index contributed by atoms with van der Waals surface area (Å²) >= 11 is 0. The first-order chi connectivity index (χ1) is 9.81. The Balaban J connectivity index is 2.35. The van der Waals surface area contributed by atoms with Gasteiger partial charge in [-0.1, -0.05) is 0 Å². The molecule has 1 aromatic carbocycles. The Kier molecular flexibility index (Phi) is 3.66. The summed E-state index contributed by atoms with van der Waals surface area (Å²) in [6, 6.07) is 3.42. The first-order valence-electron chi connectivity index (χ1n) is 6.16. The Hall–Kier alpha value is -2.83. The number of carbonyl (C=O) groups excluding carboxylic acids is 1. The summed E-state index contributed by atoms with van der Waals surface area (Å²) in [6.07, 6.45) is 0. The average molecular weight is 290 g/mol. The van der Waals surface area contributed by atoms with E-state index >= 15 is 0 Å². The molecule has 0 aliphatic rings. The number of aryl methyl sites for hydroxylation is 2. The van der Waals surface area contributed by atoms with E-state index in [1.165, 1.54) is 0 Å². The van der Waals surface area contributed by atoms with Crippen LogP contribution >= 0.6 is 0 Å². The predicted molar refractivity (Wildman–Crippen MR) is 75.6 cm³/mol. The number of phenolic OH excluding ortho intramolecular Hbond substituents is 1. The number of hydrogen-bond acceptors (Lipinski definition) is 5. The van der Waals surface area contributed by atoms with Crippen molar-refractivity contribution in [3.05, 3.63) is 51.0 Å². The zero-order chi connectivity index (χ0) is 15.7. The van der Waals surface area contributed by atoms with Gasteiger partial charge in [0.1, 0.15) is 17.3 Å². The standard InChI is InChI=1S/C14H14N2O5/c1-7-8(2)21-9(3)13(7)14(18)15-11-6-10(16(19)20)4-5-12(11)17/h4-6,17H,1-3H3,(H,15,18). The van der Waals surface area contributed by atoms with Crippen LogP contribution in [0.15, 0.2) is 22.6 Å². The van der Waals surface area contributed by atoms with Gasteiger partial charge >= 0.3 is 0 Å². The van der Waals surface area contributed by atoms with Crippen molar-refractivity contribution in [1.82, 2.24) is 0 Å². The highest BCUT2D eigenvalue weighted by atomic mass is 16.6. The molecule has 1 aromatic heterocycles. The highest BCUT2D eigenvalue weighted by Gasteiger charge is 2.20. The molecule has 1 heterocycles. The van der Waals surface area contributed by atoms with E-state index in [9.17, 15) is 20.0 Å². The van der Waals surface area contributed by atoms with Crippen molar-refractivity contribution in [1.29, 1.82) is 0 Å². The van der Waals surface area contributed by atoms with E-state index in [2.05, 4.69) is 5.32 Å². The van der Waals surface area contributed by atoms with Gasteiger partial charge in [-0.25, -0.2) is 0 Å². The number of hydrogen-bond donors (Lipinski definition) is 2. The van der Waals surface area contributed by atoms with E-state index in [1.807, 2.05) is 0 Å². The van der Waals surface area contributed by atoms with E-state index in [0.717, 1.165) is 18.2 Å². The second-order valence-corrected chi connectivity index (χ2v) is 4.63. The van der Waals surface area contributed by atoms with E-state index < -0.39 is 10.8 Å². The van der Waals surface area contributed by atoms with Crippen LogP contribution in [0.4, 0.5) is 11.4 Å². The molecule has 0 saturated heterocycles. The van der Waals surface area contributed by atoms with Crippen LogP contribution in [-0.2, 0) is 0 Å². The van der Waals surface area contributed by atoms with Gasteiger partial charge in [-0.2, -0.15) is 0 Å². The SMILES string of the molecule is Cc1oc(C)c(C(=O)Nc2cc([N+](=O)[O-])ccc2O)c1C. The molecule has 0 atom stereocenters. The molecule has 0 unspecified atom stereocenters. The molecule has 21 heavy (non-hydrogen) atoms. The molecular formula is C14H14N2O5. The lowest BCUT2D eigenvalue weighted by molar-refractivity contribution is -0.384. The van der Waals surface area contributed by atoms with Crippen molar-refractivity contribution in [3.8, 4) is 5.75 Å². The van der Waals surface area contributed by atoms with Crippen LogP contribution in [-0.4, -0.2) is 15.9 Å². The van der Waals surface area contributed by atoms with Crippen LogP contribution < -0.4 is 5.32 Å². The van der Waals surface area contributed by atoms with Gasteiger partial charge < -0.3 is 14.8 Å². The molecule has 0 saturated carbocycles. The number of furan rings is 1. The number of phenols is 1. The van der Waals surface area contributed by atoms with Gasteiger partial charge in [-0.3, -0.25) is 14.9 Å². The lowest BCUT2D eigenvalue weighted by Gasteiger charge is -2.07. The number of nitrogens with zero attached hydrogens (tertiary/aromatic N) is 1. The third-order valence-electron chi connectivity index (χ3n) is 3.23. The normalized spacial score (nSPS) is 10.4. The number of aromatic hydroxyl groups is 1. The third-order valence-corrected chi connectivity index (χ3v) is 3.23. The smallest absolute Gasteiger partial charge is 0.271 e. The maximum absolute atomic E-state index is 12.3. The molecule has 0 fully saturated rings. The minimum absolute atomic E-state index is 0.0214. The monoisotopic (exact) mass is 290 g/mol. The summed E-state index contributed by atoms with van der Waals surface area (Å²) in [6.45, 7) is 5.14. The number of nitrogens with one attached hydrogen (secondary N) is 1. The van der Waals surface area contributed by atoms with Crippen LogP contribution in [0.1, 0.15) is 27.4 Å². The summed E-state index contributed by atoms with van der Waals surface area (Å²) < 4.78 is 5.36. The zero-order valence-corrected chi connectivity index (χ0v) is 11.8. The van der Waals surface area contributed by atoms with E-state index in [0.29, 0.717) is 22.6 Å². The number of carbonyl (C=O) groups is 1. The van der Waals surface area contributed by atoms with Crippen molar-refractivity contribution in [2.75, 3.05) is 5.32 Å². The maximum Gasteiger partial charge on any atom is 0.271 e. The summed E-state index contributed by atoms with van der Waals surface area (Å²) in [5, 5.41) is 22.9. The Morgan fingerprint density at radius 3 is 2.48 bits per heavy atom. The zero-order valence-electron chi connectivity index (χ0n) is 11.8. The van der Waals surface area contributed by atoms with Gasteiger partial charge in [0.15, 0.2) is 0 Å². The Labute approximate surface area is 120 Å². The van der Waals surface area contributed by atoms with Crippen LogP contribution in [0.3, 0.4) is 0 Å². The maximum atomic E-state index is 12.3. The first kappa shape index (κ1) is 14.6. The topological polar surface area (TPSA) is 106 Å². The van der Waals surface area contributed by atoms with E-state index in [-0.39, 0.29) is 17.1 Å². The number of anilines is 1. The van der Waals surface area contributed by atoms with Crippen LogP contribution in [0.5, 0.6) is 5.75 Å². The number of nitro groups is 1. The van der Waals surface area contributed by atoms with Crippen LogP contribution in [0, 0.1) is 30.9 Å². The fourth-order valence-corrected chi connectivity index (χ4v) is 2.05. The number of nitro benzene ring substituents is 1. The molecular weight excluding hydrogens is 276 g/mol. The van der Waals surface area contributed by atoms with Gasteiger partial charge in [0.2, 0.25) is 0 Å². The van der Waals surface area contributed by atoms with Gasteiger partial charge in [0, 0.05) is 17.7 Å². The molecule has 7 heteroatoms. The third kappa shape index (κ3) is 2.71. The quantitative estimate of drug-likeness (QED) is 0.513. The van der Waals surface area contributed by atoms with E-state index in [1.54, 1.807) is 20.8 Å². The van der Waals surface area contributed by atoms with Crippen molar-refractivity contribution in [2.24, 2.45) is 0 Å². The molecule has 2 aromatic rings. The Bertz CT molecular complexity index is 733. The lowest BCUT2D eigenvalue weighted by atomic mass is 10.1. The van der Waals surface area contributed by atoms with Crippen LogP contribution in [0.25, 0.3) is 0 Å². The van der Waals surface area contributed by atoms with Gasteiger partial charge in [0.05, 0.1) is 16.2 Å². The summed E-state index contributed by atoms with van der Waals surface area (Å²) in [5.41, 5.74) is 0.806. The van der Waals surface area contributed by atoms with Gasteiger partial charge in [0.25, 0.3) is 11.6 Å². The van der Waals surface area contributed by atoms with Crippen molar-refractivity contribution in [2.45, 2.75) is 20.8 Å². The molecule has 0 radical (unpaired) electrons. The minimum atomic E-state index is -0.604. The second-order valence-electron chi connectivity index (χ2n) is 4.63. The summed E-state index contributed by atoms with van der Waals surface area (Å²) in [5.74, 6) is 0.343. The molecule has 2 N–H and O–H groups in total. The molecule has 7 nitrogen and oxygen atoms in total. The van der Waals surface area contributed by atoms with Gasteiger partial charge in [-0.15, -0.1) is 0 Å². The molecule has 1 amide bonds. The summed E-state index contributed by atoms with van der Waals surface area (Å²) in [4.78, 5) is 22.4. The number of amides is 1. The molecule has 0 bridgehead atoms. The first-order valence-corrected chi connectivity index (χ1v) is 6.16. The highest BCUT2D eigenvalue weighted by Crippen LogP contribution is 2.29. The fourth-order valence-electron chi connectivity index (χ4n) is 2.05. The average Bonchev–Trinajstić information content (AvgIpc) is 2.65. The fraction of sp³-hybridized carbons (Fsp3) is 0.214. The summed E-state index contributed by atoms with van der Waals surface area (Å²) in [7, 11) is 0. The lowest BCUT2D eigenvalue weighted by Crippen LogP contribution is -2.13. The van der Waals surface area contributed by atoms with Crippen molar-refractivity contribution < 1.29 is 19.2 Å². The highest BCUT2D eigenvalue weighted by molar-refractivity contribution is 6.07. The van der Waals surface area contributed by atoms with Gasteiger partial charge in [-0.05, 0) is 26.8 Å². The largest absolute Gasteiger partial charge is 0.506 e. The predicted octanol–water partition coefficient (Wildman–Crippen LogP) is 3.07. The van der Waals surface area contributed by atoms with Crippen molar-refractivity contribution >= 4 is 17.3 Å². The number of non-ortho nitro benzene ring substituents is 1.